The van der Waals surface area contributed by atoms with Crippen molar-refractivity contribution in [3.8, 4) is 11.5 Å². The predicted molar refractivity (Wildman–Crippen MR) is 104 cm³/mol. The highest BCUT2D eigenvalue weighted by Gasteiger charge is 2.07. The molecule has 3 N–H and O–H groups in total. The molecule has 136 valence electrons. The van der Waals surface area contributed by atoms with Gasteiger partial charge in [0.05, 0.1) is 0 Å². The summed E-state index contributed by atoms with van der Waals surface area (Å²) in [4.78, 5) is 23.3. The summed E-state index contributed by atoms with van der Waals surface area (Å²) in [5.74, 6) is 0.480. The van der Waals surface area contributed by atoms with Crippen LogP contribution in [0.3, 0.4) is 0 Å². The zero-order chi connectivity index (χ0) is 19.2. The monoisotopic (exact) mass is 380 g/mol. The molecular weight excluding hydrogens is 364 g/mol. The van der Waals surface area contributed by atoms with E-state index < -0.39 is 5.91 Å². The van der Waals surface area contributed by atoms with E-state index in [0.29, 0.717) is 34.2 Å². The van der Waals surface area contributed by atoms with Gasteiger partial charge in [-0.05, 0) is 66.2 Å². The fourth-order valence-corrected chi connectivity index (χ4v) is 2.51. The van der Waals surface area contributed by atoms with Gasteiger partial charge in [-0.1, -0.05) is 23.7 Å². The van der Waals surface area contributed by atoms with Crippen LogP contribution < -0.4 is 15.8 Å². The highest BCUT2D eigenvalue weighted by atomic mass is 35.5. The fraction of sp³-hybridized carbons (Fsp3) is 0.0476. The number of rotatable bonds is 6. The molecule has 0 saturated carbocycles. The largest absolute Gasteiger partial charge is 0.457 e. The first-order valence-electron chi connectivity index (χ1n) is 8.22. The van der Waals surface area contributed by atoms with E-state index in [0.717, 1.165) is 5.56 Å². The van der Waals surface area contributed by atoms with E-state index in [9.17, 15) is 9.59 Å². The zero-order valence-corrected chi connectivity index (χ0v) is 15.1. The molecule has 0 aliphatic heterocycles. The summed E-state index contributed by atoms with van der Waals surface area (Å²) >= 11 is 5.84. The highest BCUT2D eigenvalue weighted by Crippen LogP contribution is 2.22. The van der Waals surface area contributed by atoms with E-state index in [1.54, 1.807) is 60.7 Å². The lowest BCUT2D eigenvalue weighted by molar-refractivity contribution is 0.0949. The maximum atomic E-state index is 12.2. The van der Waals surface area contributed by atoms with E-state index in [-0.39, 0.29) is 5.91 Å². The molecule has 27 heavy (non-hydrogen) atoms. The van der Waals surface area contributed by atoms with Crippen LogP contribution in [-0.2, 0) is 6.54 Å². The third kappa shape index (κ3) is 5.09. The fourth-order valence-electron chi connectivity index (χ4n) is 2.38. The number of amides is 2. The number of benzene rings is 3. The van der Waals surface area contributed by atoms with Crippen molar-refractivity contribution in [2.45, 2.75) is 6.54 Å². The van der Waals surface area contributed by atoms with E-state index in [1.807, 2.05) is 12.1 Å². The molecule has 2 amide bonds. The Morgan fingerprint density at radius 3 is 1.85 bits per heavy atom. The van der Waals surface area contributed by atoms with Crippen LogP contribution >= 0.6 is 11.6 Å². The molecule has 3 rings (SSSR count). The van der Waals surface area contributed by atoms with Crippen molar-refractivity contribution in [2.24, 2.45) is 5.73 Å². The lowest BCUT2D eigenvalue weighted by atomic mass is 10.2. The van der Waals surface area contributed by atoms with Gasteiger partial charge in [0.15, 0.2) is 0 Å². The molecule has 0 spiro atoms. The van der Waals surface area contributed by atoms with Gasteiger partial charge in [0, 0.05) is 22.7 Å². The SMILES string of the molecule is NC(=O)c1ccc(Oc2ccc(C(=O)NCc3ccc(Cl)cc3)cc2)cc1. The summed E-state index contributed by atoms with van der Waals surface area (Å²) in [5, 5.41) is 3.51. The topological polar surface area (TPSA) is 81.4 Å². The van der Waals surface area contributed by atoms with Crippen LogP contribution in [0.1, 0.15) is 26.3 Å². The lowest BCUT2D eigenvalue weighted by Crippen LogP contribution is -2.22. The second-order valence-electron chi connectivity index (χ2n) is 5.82. The molecule has 0 radical (unpaired) electrons. The Labute approximate surface area is 161 Å². The van der Waals surface area contributed by atoms with Gasteiger partial charge in [0.1, 0.15) is 11.5 Å². The number of halogens is 1. The number of nitrogens with one attached hydrogen (secondary N) is 1. The molecule has 3 aromatic carbocycles. The van der Waals surface area contributed by atoms with Crippen LogP contribution in [0.15, 0.2) is 72.8 Å². The molecule has 5 nitrogen and oxygen atoms in total. The minimum atomic E-state index is -0.490. The van der Waals surface area contributed by atoms with Gasteiger partial charge in [-0.25, -0.2) is 0 Å². The molecule has 6 heteroatoms. The first-order chi connectivity index (χ1) is 13.0. The molecule has 0 bridgehead atoms. The second kappa shape index (κ2) is 8.38. The molecule has 0 aromatic heterocycles. The Balaban J connectivity index is 1.58. The van der Waals surface area contributed by atoms with Gasteiger partial charge < -0.3 is 15.8 Å². The number of ether oxygens (including phenoxy) is 1. The van der Waals surface area contributed by atoms with Crippen molar-refractivity contribution >= 4 is 23.4 Å². The Morgan fingerprint density at radius 1 is 0.815 bits per heavy atom. The summed E-state index contributed by atoms with van der Waals surface area (Å²) in [5.41, 5.74) is 7.11. The highest BCUT2D eigenvalue weighted by molar-refractivity contribution is 6.30. The summed E-state index contributed by atoms with van der Waals surface area (Å²) < 4.78 is 5.69. The Morgan fingerprint density at radius 2 is 1.33 bits per heavy atom. The number of hydrogen-bond acceptors (Lipinski definition) is 3. The molecule has 0 atom stereocenters. The van der Waals surface area contributed by atoms with Gasteiger partial charge in [-0.2, -0.15) is 0 Å². The third-order valence-electron chi connectivity index (χ3n) is 3.86. The first-order valence-corrected chi connectivity index (χ1v) is 8.59. The van der Waals surface area contributed by atoms with Gasteiger partial charge in [-0.15, -0.1) is 0 Å². The van der Waals surface area contributed by atoms with Crippen LogP contribution in [0, 0.1) is 0 Å². The van der Waals surface area contributed by atoms with Gasteiger partial charge in [0.25, 0.3) is 5.91 Å². The van der Waals surface area contributed by atoms with Crippen LogP contribution in [0.4, 0.5) is 0 Å². The number of hydrogen-bond donors (Lipinski definition) is 2. The summed E-state index contributed by atoms with van der Waals surface area (Å²) in [7, 11) is 0. The Hall–Kier alpha value is -3.31. The van der Waals surface area contributed by atoms with Crippen LogP contribution in [0.2, 0.25) is 5.02 Å². The van der Waals surface area contributed by atoms with Crippen molar-refractivity contribution in [1.29, 1.82) is 0 Å². The van der Waals surface area contributed by atoms with Gasteiger partial charge in [0.2, 0.25) is 5.91 Å². The van der Waals surface area contributed by atoms with Crippen LogP contribution in [0.25, 0.3) is 0 Å². The Kier molecular flexibility index (Phi) is 5.74. The number of primary amides is 1. The van der Waals surface area contributed by atoms with Gasteiger partial charge >= 0.3 is 0 Å². The van der Waals surface area contributed by atoms with E-state index >= 15 is 0 Å². The summed E-state index contributed by atoms with van der Waals surface area (Å²) in [6.45, 7) is 0.417. The van der Waals surface area contributed by atoms with Crippen molar-refractivity contribution in [2.75, 3.05) is 0 Å². The molecule has 0 unspecified atom stereocenters. The van der Waals surface area contributed by atoms with Crippen LogP contribution in [-0.4, -0.2) is 11.8 Å². The maximum absolute atomic E-state index is 12.2. The third-order valence-corrected chi connectivity index (χ3v) is 4.11. The van der Waals surface area contributed by atoms with E-state index in [4.69, 9.17) is 22.1 Å². The molecule has 0 aliphatic carbocycles. The minimum Gasteiger partial charge on any atom is -0.457 e. The number of carbonyl (C=O) groups is 2. The van der Waals surface area contributed by atoms with Crippen LogP contribution in [0.5, 0.6) is 11.5 Å². The Bertz CT molecular complexity index is 937. The van der Waals surface area contributed by atoms with Crippen molar-refractivity contribution < 1.29 is 14.3 Å². The molecule has 0 saturated heterocycles. The number of nitrogens with two attached hydrogens (primary N) is 1. The summed E-state index contributed by atoms with van der Waals surface area (Å²) in [6, 6.07) is 20.6. The average Bonchev–Trinajstić information content (AvgIpc) is 2.68. The number of carbonyl (C=O) groups excluding carboxylic acids is 2. The van der Waals surface area contributed by atoms with E-state index in [1.165, 1.54) is 0 Å². The molecule has 0 heterocycles. The average molecular weight is 381 g/mol. The van der Waals surface area contributed by atoms with Crippen molar-refractivity contribution in [3.63, 3.8) is 0 Å². The molecule has 3 aromatic rings. The minimum absolute atomic E-state index is 0.178. The van der Waals surface area contributed by atoms with Gasteiger partial charge in [-0.3, -0.25) is 9.59 Å². The zero-order valence-electron chi connectivity index (χ0n) is 14.3. The molecular formula is C21H17ClN2O3. The lowest BCUT2D eigenvalue weighted by Gasteiger charge is -2.08. The predicted octanol–water partition coefficient (Wildman–Crippen LogP) is 4.16. The normalized spacial score (nSPS) is 10.3. The maximum Gasteiger partial charge on any atom is 0.251 e. The second-order valence-corrected chi connectivity index (χ2v) is 6.26. The summed E-state index contributed by atoms with van der Waals surface area (Å²) in [6.07, 6.45) is 0. The quantitative estimate of drug-likeness (QED) is 0.673. The first kappa shape index (κ1) is 18.5. The smallest absolute Gasteiger partial charge is 0.251 e. The molecule has 0 fully saturated rings. The van der Waals surface area contributed by atoms with Crippen molar-refractivity contribution in [3.05, 3.63) is 94.5 Å². The van der Waals surface area contributed by atoms with E-state index in [2.05, 4.69) is 5.32 Å². The van der Waals surface area contributed by atoms with Crippen molar-refractivity contribution in [1.82, 2.24) is 5.32 Å². The standard InChI is InChI=1S/C21H17ClN2O3/c22-17-7-1-14(2-8-17)13-24-21(26)16-5-11-19(12-6-16)27-18-9-3-15(4-10-18)20(23)25/h1-12H,13H2,(H2,23,25)(H,24,26). The molecule has 0 aliphatic rings.